The van der Waals surface area contributed by atoms with Gasteiger partial charge in [0.2, 0.25) is 0 Å². The van der Waals surface area contributed by atoms with Crippen molar-refractivity contribution in [1.82, 2.24) is 20.6 Å². The van der Waals surface area contributed by atoms with Crippen molar-refractivity contribution in [3.8, 4) is 11.8 Å². The van der Waals surface area contributed by atoms with Gasteiger partial charge in [0.15, 0.2) is 0 Å². The van der Waals surface area contributed by atoms with E-state index >= 15 is 0 Å². The zero-order valence-corrected chi connectivity index (χ0v) is 17.2. The summed E-state index contributed by atoms with van der Waals surface area (Å²) in [6.45, 7) is 0.681. The van der Waals surface area contributed by atoms with Gasteiger partial charge in [-0.1, -0.05) is 36.3 Å². The Morgan fingerprint density at radius 3 is 2.69 bits per heavy atom. The number of pyridine rings is 1. The van der Waals surface area contributed by atoms with Crippen molar-refractivity contribution in [2.75, 3.05) is 5.32 Å². The van der Waals surface area contributed by atoms with Crippen LogP contribution in [0.1, 0.15) is 16.7 Å². The highest BCUT2D eigenvalue weighted by Crippen LogP contribution is 2.15. The molecular formula is C25H21N5O2. The van der Waals surface area contributed by atoms with Gasteiger partial charge in [-0.25, -0.2) is 9.78 Å². The molecule has 4 aromatic rings. The molecule has 0 fully saturated rings. The van der Waals surface area contributed by atoms with Gasteiger partial charge in [0, 0.05) is 48.0 Å². The zero-order chi connectivity index (χ0) is 22.2. The highest BCUT2D eigenvalue weighted by atomic mass is 16.2. The van der Waals surface area contributed by atoms with Crippen molar-refractivity contribution in [2.45, 2.75) is 13.1 Å². The maximum absolute atomic E-state index is 12.3. The van der Waals surface area contributed by atoms with Crippen LogP contribution in [0.15, 0.2) is 79.1 Å². The average molecular weight is 423 g/mol. The number of hydrogen-bond acceptors (Lipinski definition) is 3. The number of amides is 3. The number of hydrogen-bond donors (Lipinski definition) is 4. The predicted molar refractivity (Wildman–Crippen MR) is 124 cm³/mol. The van der Waals surface area contributed by atoms with E-state index in [4.69, 9.17) is 0 Å². The molecule has 0 spiro atoms. The molecule has 0 unspecified atom stereocenters. The van der Waals surface area contributed by atoms with Crippen molar-refractivity contribution < 1.29 is 9.59 Å². The standard InChI is InChI=1S/C25H21N5O2/c31-23(10-9-18-5-2-1-3-6-18)28-16-19-7-4-8-21(15-19)30-25(32)29-17-20-11-13-26-24-22(20)12-14-27-24/h1-8,11-15H,16-17H2,(H,26,27)(H,28,31)(H2,29,30,32). The quantitative estimate of drug-likeness (QED) is 0.370. The molecule has 4 N–H and O–H groups in total. The van der Waals surface area contributed by atoms with E-state index in [-0.39, 0.29) is 11.9 Å². The van der Waals surface area contributed by atoms with Gasteiger partial charge in [-0.2, -0.15) is 0 Å². The molecule has 3 amide bonds. The molecule has 0 aliphatic rings. The first-order chi connectivity index (χ1) is 15.7. The number of anilines is 1. The van der Waals surface area contributed by atoms with E-state index in [2.05, 4.69) is 37.8 Å². The number of carbonyl (C=O) groups excluding carboxylic acids is 2. The molecular weight excluding hydrogens is 402 g/mol. The minimum atomic E-state index is -0.363. The molecule has 0 bridgehead atoms. The number of aromatic amines is 1. The third-order valence-electron chi connectivity index (χ3n) is 4.72. The van der Waals surface area contributed by atoms with Crippen LogP contribution >= 0.6 is 0 Å². The number of fused-ring (bicyclic) bond motifs is 1. The van der Waals surface area contributed by atoms with Crippen molar-refractivity contribution in [3.63, 3.8) is 0 Å². The Bertz CT molecular complexity index is 1300. The van der Waals surface area contributed by atoms with Crippen LogP contribution < -0.4 is 16.0 Å². The largest absolute Gasteiger partial charge is 0.346 e. The summed E-state index contributed by atoms with van der Waals surface area (Å²) in [5.74, 6) is 5.03. The number of nitrogens with one attached hydrogen (secondary N) is 4. The van der Waals surface area contributed by atoms with Gasteiger partial charge in [-0.15, -0.1) is 0 Å². The summed E-state index contributed by atoms with van der Waals surface area (Å²) >= 11 is 0. The van der Waals surface area contributed by atoms with E-state index in [1.54, 1.807) is 18.3 Å². The van der Waals surface area contributed by atoms with Crippen molar-refractivity contribution in [2.24, 2.45) is 0 Å². The lowest BCUT2D eigenvalue weighted by Crippen LogP contribution is -2.28. The summed E-state index contributed by atoms with van der Waals surface area (Å²) in [7, 11) is 0. The van der Waals surface area contributed by atoms with E-state index in [0.29, 0.717) is 18.8 Å². The number of benzene rings is 2. The average Bonchev–Trinajstić information content (AvgIpc) is 3.31. The van der Waals surface area contributed by atoms with Gasteiger partial charge in [-0.05, 0) is 47.5 Å². The second-order valence-corrected chi connectivity index (χ2v) is 7.02. The molecule has 0 aliphatic carbocycles. The highest BCUT2D eigenvalue weighted by molar-refractivity contribution is 5.94. The molecule has 4 rings (SSSR count). The highest BCUT2D eigenvalue weighted by Gasteiger charge is 2.06. The van der Waals surface area contributed by atoms with Gasteiger partial charge in [-0.3, -0.25) is 4.79 Å². The first kappa shape index (κ1) is 20.7. The van der Waals surface area contributed by atoms with Crippen LogP contribution in [0.3, 0.4) is 0 Å². The molecule has 0 saturated heterocycles. The van der Waals surface area contributed by atoms with Crippen LogP contribution in [-0.4, -0.2) is 21.9 Å². The minimum Gasteiger partial charge on any atom is -0.346 e. The molecule has 7 nitrogen and oxygen atoms in total. The lowest BCUT2D eigenvalue weighted by Gasteiger charge is -2.10. The summed E-state index contributed by atoms with van der Waals surface area (Å²) in [6, 6.07) is 20.1. The Morgan fingerprint density at radius 1 is 0.938 bits per heavy atom. The molecule has 2 aromatic carbocycles. The predicted octanol–water partition coefficient (Wildman–Crippen LogP) is 3.55. The van der Waals surface area contributed by atoms with E-state index in [0.717, 1.165) is 27.7 Å². The van der Waals surface area contributed by atoms with Crippen LogP contribution in [0, 0.1) is 11.8 Å². The number of aromatic nitrogens is 2. The first-order valence-corrected chi connectivity index (χ1v) is 10.1. The monoisotopic (exact) mass is 423 g/mol. The van der Waals surface area contributed by atoms with Crippen molar-refractivity contribution >= 4 is 28.7 Å². The van der Waals surface area contributed by atoms with Crippen LogP contribution in [-0.2, 0) is 17.9 Å². The van der Waals surface area contributed by atoms with E-state index in [9.17, 15) is 9.59 Å². The Balaban J connectivity index is 1.29. The fourth-order valence-corrected chi connectivity index (χ4v) is 3.16. The minimum absolute atomic E-state index is 0.307. The van der Waals surface area contributed by atoms with Crippen LogP contribution in [0.25, 0.3) is 11.0 Å². The maximum atomic E-state index is 12.3. The molecule has 32 heavy (non-hydrogen) atoms. The van der Waals surface area contributed by atoms with E-state index in [1.807, 2.05) is 60.8 Å². The maximum Gasteiger partial charge on any atom is 0.319 e. The molecule has 0 radical (unpaired) electrons. The number of nitrogens with zero attached hydrogens (tertiary/aromatic N) is 1. The Kier molecular flexibility index (Phi) is 6.44. The van der Waals surface area contributed by atoms with Gasteiger partial charge in [0.05, 0.1) is 0 Å². The Hall–Kier alpha value is -4.57. The van der Waals surface area contributed by atoms with Crippen molar-refractivity contribution in [1.29, 1.82) is 0 Å². The van der Waals surface area contributed by atoms with Crippen LogP contribution in [0.4, 0.5) is 10.5 Å². The normalized spacial score (nSPS) is 10.1. The molecule has 0 aliphatic heterocycles. The Labute approximate surface area is 185 Å². The molecule has 2 aromatic heterocycles. The Morgan fingerprint density at radius 2 is 1.81 bits per heavy atom. The molecule has 7 heteroatoms. The van der Waals surface area contributed by atoms with E-state index in [1.165, 1.54) is 0 Å². The summed E-state index contributed by atoms with van der Waals surface area (Å²) in [5.41, 5.74) is 4.02. The fourth-order valence-electron chi connectivity index (χ4n) is 3.16. The van der Waals surface area contributed by atoms with Gasteiger partial charge >= 0.3 is 6.03 Å². The molecule has 0 atom stereocenters. The second-order valence-electron chi connectivity index (χ2n) is 7.02. The van der Waals surface area contributed by atoms with Gasteiger partial charge < -0.3 is 20.9 Å². The lowest BCUT2D eigenvalue weighted by atomic mass is 10.2. The third-order valence-corrected chi connectivity index (χ3v) is 4.72. The summed E-state index contributed by atoms with van der Waals surface area (Å²) < 4.78 is 0. The smallest absolute Gasteiger partial charge is 0.319 e. The summed E-state index contributed by atoms with van der Waals surface area (Å²) in [5, 5.41) is 9.40. The fraction of sp³-hybridized carbons (Fsp3) is 0.0800. The topological polar surface area (TPSA) is 98.9 Å². The molecule has 2 heterocycles. The number of urea groups is 1. The van der Waals surface area contributed by atoms with Gasteiger partial charge in [0.1, 0.15) is 5.65 Å². The zero-order valence-electron chi connectivity index (χ0n) is 17.2. The number of carbonyl (C=O) groups is 2. The van der Waals surface area contributed by atoms with Crippen molar-refractivity contribution in [3.05, 3.63) is 95.8 Å². The molecule has 0 saturated carbocycles. The van der Waals surface area contributed by atoms with Gasteiger partial charge in [0.25, 0.3) is 5.91 Å². The summed E-state index contributed by atoms with van der Waals surface area (Å²) in [4.78, 5) is 31.6. The van der Waals surface area contributed by atoms with E-state index < -0.39 is 0 Å². The SMILES string of the molecule is O=C(C#Cc1ccccc1)NCc1cccc(NC(=O)NCc2ccnc3[nH]ccc23)c1. The molecule has 158 valence electrons. The number of H-pyrrole nitrogens is 1. The third kappa shape index (κ3) is 5.52. The van der Waals surface area contributed by atoms with Crippen LogP contribution in [0.2, 0.25) is 0 Å². The van der Waals surface area contributed by atoms with Crippen LogP contribution in [0.5, 0.6) is 0 Å². The second kappa shape index (κ2) is 9.96. The summed E-state index contributed by atoms with van der Waals surface area (Å²) in [6.07, 6.45) is 3.52. The lowest BCUT2D eigenvalue weighted by molar-refractivity contribution is -0.115. The number of rotatable bonds is 5. The first-order valence-electron chi connectivity index (χ1n) is 10.1.